The van der Waals surface area contributed by atoms with Gasteiger partial charge < -0.3 is 15.6 Å². The number of nitrogens with zero attached hydrogens (tertiary/aromatic N) is 1. The first-order chi connectivity index (χ1) is 6.11. The molecule has 0 saturated carbocycles. The van der Waals surface area contributed by atoms with Crippen LogP contribution in [-0.2, 0) is 4.79 Å². The summed E-state index contributed by atoms with van der Waals surface area (Å²) in [5, 5.41) is 6.39. The zero-order valence-corrected chi connectivity index (χ0v) is 7.65. The molecule has 0 bridgehead atoms. The first kappa shape index (κ1) is 9.73. The van der Waals surface area contributed by atoms with Crippen molar-refractivity contribution in [2.24, 2.45) is 5.73 Å². The van der Waals surface area contributed by atoms with Gasteiger partial charge in [0.2, 0.25) is 5.91 Å². The zero-order valence-electron chi connectivity index (χ0n) is 7.65. The molecule has 0 radical (unpaired) electrons. The molecule has 1 unspecified atom stereocenters. The summed E-state index contributed by atoms with van der Waals surface area (Å²) in [4.78, 5) is 11.2. The number of amides is 1. The lowest BCUT2D eigenvalue weighted by Crippen LogP contribution is -2.39. The van der Waals surface area contributed by atoms with Crippen molar-refractivity contribution >= 4 is 5.91 Å². The summed E-state index contributed by atoms with van der Waals surface area (Å²) in [6.45, 7) is 3.45. The van der Waals surface area contributed by atoms with E-state index in [4.69, 9.17) is 5.73 Å². The summed E-state index contributed by atoms with van der Waals surface area (Å²) >= 11 is 0. The van der Waals surface area contributed by atoms with Crippen LogP contribution in [0.1, 0.15) is 25.6 Å². The molecule has 1 amide bonds. The van der Waals surface area contributed by atoms with Crippen molar-refractivity contribution < 1.29 is 9.32 Å². The van der Waals surface area contributed by atoms with Crippen LogP contribution >= 0.6 is 0 Å². The molecule has 13 heavy (non-hydrogen) atoms. The highest BCUT2D eigenvalue weighted by molar-refractivity contribution is 5.81. The highest BCUT2D eigenvalue weighted by Gasteiger charge is 2.14. The molecule has 72 valence electrons. The van der Waals surface area contributed by atoms with Gasteiger partial charge in [0.25, 0.3) is 0 Å². The van der Waals surface area contributed by atoms with Crippen LogP contribution in [0.5, 0.6) is 0 Å². The van der Waals surface area contributed by atoms with E-state index in [1.54, 1.807) is 13.0 Å². The van der Waals surface area contributed by atoms with Gasteiger partial charge >= 0.3 is 0 Å². The van der Waals surface area contributed by atoms with Crippen LogP contribution in [0.3, 0.4) is 0 Å². The van der Waals surface area contributed by atoms with Gasteiger partial charge in [-0.1, -0.05) is 5.16 Å². The summed E-state index contributed by atoms with van der Waals surface area (Å²) in [5.74, 6) is -0.199. The molecule has 1 rings (SSSR count). The predicted molar refractivity (Wildman–Crippen MR) is 46.7 cm³/mol. The normalized spacial score (nSPS) is 15.0. The van der Waals surface area contributed by atoms with E-state index in [9.17, 15) is 4.79 Å². The average Bonchev–Trinajstić information content (AvgIpc) is 2.55. The van der Waals surface area contributed by atoms with Crippen LogP contribution < -0.4 is 11.1 Å². The topological polar surface area (TPSA) is 81.2 Å². The van der Waals surface area contributed by atoms with E-state index < -0.39 is 6.04 Å². The van der Waals surface area contributed by atoms with Crippen LogP contribution in [0.2, 0.25) is 0 Å². The third-order valence-electron chi connectivity index (χ3n) is 1.67. The molecule has 0 spiro atoms. The third-order valence-corrected chi connectivity index (χ3v) is 1.67. The van der Waals surface area contributed by atoms with E-state index in [-0.39, 0.29) is 11.9 Å². The van der Waals surface area contributed by atoms with E-state index >= 15 is 0 Å². The molecular formula is C8H13N3O2. The van der Waals surface area contributed by atoms with Gasteiger partial charge in [0.1, 0.15) is 12.0 Å². The van der Waals surface area contributed by atoms with Crippen LogP contribution in [-0.4, -0.2) is 17.1 Å². The second-order valence-corrected chi connectivity index (χ2v) is 2.94. The highest BCUT2D eigenvalue weighted by atomic mass is 16.5. The van der Waals surface area contributed by atoms with Crippen molar-refractivity contribution in [3.05, 3.63) is 18.0 Å². The van der Waals surface area contributed by atoms with E-state index in [0.29, 0.717) is 5.69 Å². The SMILES string of the molecule is CC(NC(=O)[C@@H](C)N)c1ccon1. The summed E-state index contributed by atoms with van der Waals surface area (Å²) in [6, 6.07) is 1.03. The Hall–Kier alpha value is -1.36. The predicted octanol–water partition coefficient (Wildman–Crippen LogP) is 0.199. The van der Waals surface area contributed by atoms with Gasteiger partial charge in [-0.2, -0.15) is 0 Å². The molecule has 0 aliphatic carbocycles. The molecule has 3 N–H and O–H groups in total. The van der Waals surface area contributed by atoms with Gasteiger partial charge in [0.15, 0.2) is 0 Å². The van der Waals surface area contributed by atoms with Gasteiger partial charge in [0.05, 0.1) is 12.1 Å². The Labute approximate surface area is 76.3 Å². The standard InChI is InChI=1S/C8H13N3O2/c1-5(9)8(12)10-6(2)7-3-4-13-11-7/h3-6H,9H2,1-2H3,(H,10,12)/t5-,6?/m1/s1. The summed E-state index contributed by atoms with van der Waals surface area (Å²) in [7, 11) is 0. The maximum Gasteiger partial charge on any atom is 0.237 e. The number of carbonyl (C=O) groups excluding carboxylic acids is 1. The molecule has 1 aromatic rings. The molecule has 1 aromatic heterocycles. The number of rotatable bonds is 3. The van der Waals surface area contributed by atoms with E-state index in [1.165, 1.54) is 6.26 Å². The van der Waals surface area contributed by atoms with Gasteiger partial charge in [-0.05, 0) is 13.8 Å². The van der Waals surface area contributed by atoms with Gasteiger partial charge in [0, 0.05) is 6.07 Å². The van der Waals surface area contributed by atoms with E-state index in [1.807, 2.05) is 6.92 Å². The number of nitrogens with two attached hydrogens (primary N) is 1. The van der Waals surface area contributed by atoms with Gasteiger partial charge in [-0.25, -0.2) is 0 Å². The minimum atomic E-state index is -0.505. The van der Waals surface area contributed by atoms with Crippen LogP contribution in [0.4, 0.5) is 0 Å². The van der Waals surface area contributed by atoms with Gasteiger partial charge in [-0.15, -0.1) is 0 Å². The van der Waals surface area contributed by atoms with Gasteiger partial charge in [-0.3, -0.25) is 4.79 Å². The Balaban J connectivity index is 2.51. The summed E-state index contributed by atoms with van der Waals surface area (Å²) in [5.41, 5.74) is 6.07. The monoisotopic (exact) mass is 183 g/mol. The molecule has 0 fully saturated rings. The highest BCUT2D eigenvalue weighted by Crippen LogP contribution is 2.08. The minimum Gasteiger partial charge on any atom is -0.364 e. The average molecular weight is 183 g/mol. The van der Waals surface area contributed by atoms with Crippen molar-refractivity contribution in [2.45, 2.75) is 25.9 Å². The molecular weight excluding hydrogens is 170 g/mol. The van der Waals surface area contributed by atoms with E-state index in [2.05, 4.69) is 15.0 Å². The fourth-order valence-corrected chi connectivity index (χ4v) is 0.864. The van der Waals surface area contributed by atoms with Crippen molar-refractivity contribution in [1.29, 1.82) is 0 Å². The fourth-order valence-electron chi connectivity index (χ4n) is 0.864. The summed E-state index contributed by atoms with van der Waals surface area (Å²) < 4.78 is 4.65. The van der Waals surface area contributed by atoms with E-state index in [0.717, 1.165) is 0 Å². The lowest BCUT2D eigenvalue weighted by molar-refractivity contribution is -0.122. The zero-order chi connectivity index (χ0) is 9.84. The molecule has 0 aliphatic rings. The number of hydrogen-bond acceptors (Lipinski definition) is 4. The quantitative estimate of drug-likeness (QED) is 0.701. The maximum absolute atomic E-state index is 11.2. The Morgan fingerprint density at radius 2 is 2.38 bits per heavy atom. The smallest absolute Gasteiger partial charge is 0.237 e. The molecule has 5 heteroatoms. The largest absolute Gasteiger partial charge is 0.364 e. The third kappa shape index (κ3) is 2.55. The van der Waals surface area contributed by atoms with Crippen molar-refractivity contribution in [3.8, 4) is 0 Å². The number of aromatic nitrogens is 1. The first-order valence-corrected chi connectivity index (χ1v) is 4.07. The molecule has 1 heterocycles. The number of nitrogens with one attached hydrogen (secondary N) is 1. The number of carbonyl (C=O) groups is 1. The summed E-state index contributed by atoms with van der Waals surface area (Å²) in [6.07, 6.45) is 1.46. The molecule has 0 aliphatic heterocycles. The first-order valence-electron chi connectivity index (χ1n) is 4.07. The maximum atomic E-state index is 11.2. The second kappa shape index (κ2) is 4.04. The fraction of sp³-hybridized carbons (Fsp3) is 0.500. The van der Waals surface area contributed by atoms with Crippen LogP contribution in [0.15, 0.2) is 16.9 Å². The van der Waals surface area contributed by atoms with Crippen LogP contribution in [0, 0.1) is 0 Å². The Bertz CT molecular complexity index is 269. The molecule has 2 atom stereocenters. The molecule has 0 saturated heterocycles. The molecule has 5 nitrogen and oxygen atoms in total. The second-order valence-electron chi connectivity index (χ2n) is 2.94. The Morgan fingerprint density at radius 3 is 2.85 bits per heavy atom. The minimum absolute atomic E-state index is 0.169. The van der Waals surface area contributed by atoms with Crippen molar-refractivity contribution in [3.63, 3.8) is 0 Å². The molecule has 0 aromatic carbocycles. The Kier molecular flexibility index (Phi) is 3.02. The lowest BCUT2D eigenvalue weighted by Gasteiger charge is -2.12. The lowest BCUT2D eigenvalue weighted by atomic mass is 10.2. The number of hydrogen-bond donors (Lipinski definition) is 2. The van der Waals surface area contributed by atoms with Crippen molar-refractivity contribution in [2.75, 3.05) is 0 Å². The Morgan fingerprint density at radius 1 is 1.69 bits per heavy atom. The van der Waals surface area contributed by atoms with Crippen LogP contribution in [0.25, 0.3) is 0 Å². The van der Waals surface area contributed by atoms with Crippen molar-refractivity contribution in [1.82, 2.24) is 10.5 Å².